The number of nitrogens with zero attached hydrogens (tertiary/aromatic N) is 2. The van der Waals surface area contributed by atoms with E-state index in [-0.39, 0.29) is 51.2 Å². The van der Waals surface area contributed by atoms with Gasteiger partial charge in [-0.05, 0) is 111 Å². The number of aliphatic hydroxyl groups excluding tert-OH is 2. The first-order valence-corrected chi connectivity index (χ1v) is 26.2. The number of rotatable bonds is 13. The van der Waals surface area contributed by atoms with E-state index in [1.54, 1.807) is 55.4 Å². The molecule has 3 fully saturated rings. The summed E-state index contributed by atoms with van der Waals surface area (Å²) in [4.78, 5) is 14.5. The minimum Gasteiger partial charge on any atom is -0.459 e. The number of carbonyl (C=O) groups excluding carboxylic acids is 1. The lowest BCUT2D eigenvalue weighted by Gasteiger charge is -2.53. The predicted molar refractivity (Wildman–Crippen MR) is 255 cm³/mol. The van der Waals surface area contributed by atoms with Crippen molar-refractivity contribution in [2.45, 2.75) is 211 Å². The van der Waals surface area contributed by atoms with Crippen LogP contribution in [0.2, 0.25) is 0 Å². The molecule has 392 valence electrons. The van der Waals surface area contributed by atoms with Crippen molar-refractivity contribution in [3.05, 3.63) is 35.4 Å². The van der Waals surface area contributed by atoms with Crippen LogP contribution in [-0.2, 0) is 56.4 Å². The number of hydrogen-bond acceptors (Lipinski definition) is 16. The van der Waals surface area contributed by atoms with Crippen molar-refractivity contribution < 1.29 is 67.2 Å². The van der Waals surface area contributed by atoms with E-state index in [9.17, 15) is 38.7 Å². The number of ether oxygens (including phenoxy) is 6. The Hall–Kier alpha value is -1.92. The molecule has 1 aromatic carbocycles. The second-order valence-corrected chi connectivity index (χ2v) is 23.1. The van der Waals surface area contributed by atoms with E-state index < -0.39 is 118 Å². The molecule has 19 heteroatoms. The molecule has 0 amide bonds. The van der Waals surface area contributed by atoms with Crippen molar-refractivity contribution in [1.29, 1.82) is 0 Å². The van der Waals surface area contributed by atoms with E-state index in [2.05, 4.69) is 10.6 Å². The summed E-state index contributed by atoms with van der Waals surface area (Å²) < 4.78 is 69.9. The summed E-state index contributed by atoms with van der Waals surface area (Å²) in [5, 5.41) is 67.1. The van der Waals surface area contributed by atoms with Gasteiger partial charge in [-0.1, -0.05) is 52.0 Å². The molecule has 1 aromatic rings. The Morgan fingerprint density at radius 2 is 1.63 bits per heavy atom. The highest BCUT2D eigenvalue weighted by Crippen LogP contribution is 2.43. The van der Waals surface area contributed by atoms with E-state index in [0.717, 1.165) is 17.5 Å². The van der Waals surface area contributed by atoms with Crippen molar-refractivity contribution >= 4 is 16.2 Å². The summed E-state index contributed by atoms with van der Waals surface area (Å²) in [6.45, 7) is 20.6. The van der Waals surface area contributed by atoms with E-state index in [4.69, 9.17) is 28.4 Å². The maximum atomic E-state index is 14.5. The third kappa shape index (κ3) is 12.1. The fourth-order valence-electron chi connectivity index (χ4n) is 11.1. The second kappa shape index (κ2) is 22.9. The lowest BCUT2D eigenvalue weighted by Crippen LogP contribution is -2.70. The van der Waals surface area contributed by atoms with Gasteiger partial charge in [0.2, 0.25) is 0 Å². The molecule has 4 aliphatic rings. The van der Waals surface area contributed by atoms with Crippen LogP contribution >= 0.6 is 0 Å². The molecular weight excluding hydrogens is 901 g/mol. The minimum absolute atomic E-state index is 0.0250. The van der Waals surface area contributed by atoms with Gasteiger partial charge in [-0.2, -0.15) is 17.0 Å². The van der Waals surface area contributed by atoms with Crippen LogP contribution in [0.5, 0.6) is 0 Å². The van der Waals surface area contributed by atoms with Gasteiger partial charge in [-0.25, -0.2) is 0 Å². The Kier molecular flexibility index (Phi) is 19.2. The van der Waals surface area contributed by atoms with E-state index in [0.29, 0.717) is 19.5 Å². The zero-order valence-electron chi connectivity index (χ0n) is 42.9. The van der Waals surface area contributed by atoms with Crippen LogP contribution in [0.4, 0.5) is 0 Å². The molecule has 5 rings (SSSR count). The monoisotopic (exact) mass is 987 g/mol. The Bertz CT molecular complexity index is 1910. The molecule has 0 unspecified atom stereocenters. The molecule has 18 nitrogen and oxygen atoms in total. The number of benzene rings is 1. The number of cyclic esters (lactones) is 1. The Morgan fingerprint density at radius 3 is 2.26 bits per heavy atom. The number of hydrogen-bond donors (Lipinski definition) is 7. The van der Waals surface area contributed by atoms with Gasteiger partial charge in [0.25, 0.3) is 10.2 Å². The number of carbonyl (C=O) groups is 1. The number of aliphatic hydroxyl groups is 5. The lowest BCUT2D eigenvalue weighted by atomic mass is 9.75. The number of fused-ring (bicyclic) bond motifs is 1. The first-order chi connectivity index (χ1) is 31.7. The SMILES string of the molecule is CCCNC[C@]1(O)[C@H](C)O[C@@H](O[C@H]2[C@H](C)[C@@H](O[C@@H]3O[C@H](C)C[C@H](N(C)S(=O)(=O)N4CCc5ccccc5C4)[C@H]3O)[C@](C)(O)C[C@@H](C)CN[C@H](C)[C@@H](O)[C@](C)(O)[C@@H](CC)OC(=O)[C@@H]2C)C[C@@]1(C)OC. The number of methoxy groups -OCH3 is 1. The molecule has 4 heterocycles. The second-order valence-electron chi connectivity index (χ2n) is 21.1. The highest BCUT2D eigenvalue weighted by molar-refractivity contribution is 7.86. The summed E-state index contributed by atoms with van der Waals surface area (Å²) in [6.07, 6.45) is -8.61. The maximum absolute atomic E-state index is 14.5. The highest BCUT2D eigenvalue weighted by atomic mass is 32.2. The van der Waals surface area contributed by atoms with Crippen LogP contribution in [0.3, 0.4) is 0 Å². The summed E-state index contributed by atoms with van der Waals surface area (Å²) >= 11 is 0. The third-order valence-electron chi connectivity index (χ3n) is 15.6. The van der Waals surface area contributed by atoms with Crippen molar-refractivity contribution in [2.24, 2.45) is 17.8 Å². The molecule has 68 heavy (non-hydrogen) atoms. The first-order valence-electron chi connectivity index (χ1n) is 24.8. The molecule has 0 radical (unpaired) electrons. The fourth-order valence-corrected chi connectivity index (χ4v) is 12.6. The predicted octanol–water partition coefficient (Wildman–Crippen LogP) is 2.60. The maximum Gasteiger partial charge on any atom is 0.311 e. The quantitative estimate of drug-likeness (QED) is 0.111. The summed E-state index contributed by atoms with van der Waals surface area (Å²) in [6, 6.07) is 6.08. The van der Waals surface area contributed by atoms with Crippen molar-refractivity contribution in [3.63, 3.8) is 0 Å². The van der Waals surface area contributed by atoms with Crippen LogP contribution in [0.15, 0.2) is 24.3 Å². The molecule has 4 aliphatic heterocycles. The van der Waals surface area contributed by atoms with Gasteiger partial charge in [-0.15, -0.1) is 0 Å². The van der Waals surface area contributed by atoms with Gasteiger partial charge in [0.1, 0.15) is 35.1 Å². The van der Waals surface area contributed by atoms with Crippen LogP contribution in [-0.4, -0.2) is 179 Å². The summed E-state index contributed by atoms with van der Waals surface area (Å²) in [5.41, 5.74) is -4.31. The van der Waals surface area contributed by atoms with Gasteiger partial charge >= 0.3 is 5.97 Å². The molecule has 0 saturated carbocycles. The average Bonchev–Trinajstić information content (AvgIpc) is 3.29. The molecule has 3 saturated heterocycles. The highest BCUT2D eigenvalue weighted by Gasteiger charge is 2.58. The van der Waals surface area contributed by atoms with Crippen LogP contribution in [0.1, 0.15) is 119 Å². The zero-order valence-corrected chi connectivity index (χ0v) is 43.7. The van der Waals surface area contributed by atoms with E-state index >= 15 is 0 Å². The Morgan fingerprint density at radius 1 is 0.971 bits per heavy atom. The normalized spacial score (nSPS) is 43.0. The molecule has 0 aliphatic carbocycles. The lowest BCUT2D eigenvalue weighted by molar-refractivity contribution is -0.336. The first kappa shape index (κ1) is 57.0. The van der Waals surface area contributed by atoms with Gasteiger partial charge in [-0.3, -0.25) is 4.79 Å². The number of nitrogens with one attached hydrogen (secondary N) is 2. The summed E-state index contributed by atoms with van der Waals surface area (Å²) in [7, 11) is -1.14. The minimum atomic E-state index is -4.10. The van der Waals surface area contributed by atoms with Crippen molar-refractivity contribution in [3.8, 4) is 0 Å². The average molecular weight is 987 g/mol. The molecular formula is C49H86N4O14S. The number of likely N-dealkylation sites (N-methyl/N-ethyl adjacent to an activating group) is 1. The smallest absolute Gasteiger partial charge is 0.311 e. The number of esters is 1. The fraction of sp³-hybridized carbons (Fsp3) is 0.857. The van der Waals surface area contributed by atoms with Crippen LogP contribution in [0, 0.1) is 17.8 Å². The third-order valence-corrected chi connectivity index (χ3v) is 17.6. The van der Waals surface area contributed by atoms with Crippen molar-refractivity contribution in [1.82, 2.24) is 19.2 Å². The van der Waals surface area contributed by atoms with Gasteiger partial charge in [0.15, 0.2) is 12.6 Å². The zero-order chi connectivity index (χ0) is 50.7. The van der Waals surface area contributed by atoms with E-state index in [1.165, 1.54) is 29.7 Å². The molecule has 0 aromatic heterocycles. The Balaban J connectivity index is 1.54. The Labute approximate surface area is 405 Å². The molecule has 0 spiro atoms. The summed E-state index contributed by atoms with van der Waals surface area (Å²) in [5.74, 6) is -3.11. The van der Waals surface area contributed by atoms with Crippen LogP contribution in [0.25, 0.3) is 0 Å². The van der Waals surface area contributed by atoms with E-state index in [1.807, 2.05) is 38.1 Å². The molecule has 0 bridgehead atoms. The van der Waals surface area contributed by atoms with Gasteiger partial charge < -0.3 is 64.6 Å². The standard InChI is InChI=1S/C49H86N4O14S/c1-14-21-50-28-49(59)34(8)64-39(25-47(49,10)62-13)66-41-31(5)43(46(9,57)24-29(3)26-51-33(7)42(55)48(11,58)38(15-2)65-44(56)32(41)6)67-45-40(54)37(23-30(4)63-45)52(12)68(60,61)53-22-20-35-18-16-17-19-36(35)27-53/h16-19,29-34,37-43,45,50-51,54-55,57-59H,14-15,20-28H2,1-13H3/t29-,30-,31+,32-,33-,34+,37+,38-,39+,40-,41+,42-,43-,45+,46-,47-,48-,49+/m1/s1. The van der Waals surface area contributed by atoms with Crippen LogP contribution < -0.4 is 10.6 Å². The molecule has 7 N–H and O–H groups in total. The van der Waals surface area contributed by atoms with Crippen molar-refractivity contribution in [2.75, 3.05) is 40.3 Å². The van der Waals surface area contributed by atoms with Gasteiger partial charge in [0, 0.05) is 52.2 Å². The molecule has 18 atom stereocenters. The van der Waals surface area contributed by atoms with Gasteiger partial charge in [0.05, 0.1) is 42.0 Å². The largest absolute Gasteiger partial charge is 0.459 e. The topological polar surface area (TPSA) is 238 Å².